The maximum absolute atomic E-state index is 12.7. The Bertz CT molecular complexity index is 826. The molecule has 0 unspecified atom stereocenters. The highest BCUT2D eigenvalue weighted by Crippen LogP contribution is 2.40. The fourth-order valence-electron chi connectivity index (χ4n) is 4.24. The minimum Gasteiger partial charge on any atom is -0.483 e. The van der Waals surface area contributed by atoms with Gasteiger partial charge in [-0.3, -0.25) is 9.59 Å². The molecule has 1 aromatic carbocycles. The summed E-state index contributed by atoms with van der Waals surface area (Å²) in [6.07, 6.45) is 4.21. The Kier molecular flexibility index (Phi) is 6.81. The van der Waals surface area contributed by atoms with Gasteiger partial charge in [0, 0.05) is 24.8 Å². The van der Waals surface area contributed by atoms with Crippen LogP contribution in [0.2, 0.25) is 0 Å². The molecule has 0 bridgehead atoms. The van der Waals surface area contributed by atoms with Crippen LogP contribution in [-0.4, -0.2) is 55.0 Å². The number of nitrogens with one attached hydrogen (secondary N) is 1. The molecule has 2 aliphatic heterocycles. The molecule has 0 spiro atoms. The first-order valence-corrected chi connectivity index (χ1v) is 9.86. The number of ether oxygens (including phenoxy) is 3. The number of allylic oxidation sites excluding steroid dienone is 1. The normalized spacial score (nSPS) is 25.6. The molecule has 0 aromatic heterocycles. The van der Waals surface area contributed by atoms with E-state index in [1.807, 2.05) is 13.8 Å². The smallest absolute Gasteiger partial charge is 0.321 e. The third kappa shape index (κ3) is 4.50. The molecule has 9 heteroatoms. The molecule has 4 rings (SSSR count). The largest absolute Gasteiger partial charge is 0.483 e. The average Bonchev–Trinajstić information content (AvgIpc) is 3.35. The summed E-state index contributed by atoms with van der Waals surface area (Å²) in [5, 5.41) is 9.80. The van der Waals surface area contributed by atoms with Gasteiger partial charge in [-0.15, -0.1) is 0 Å². The lowest BCUT2D eigenvalue weighted by molar-refractivity contribution is -0.152. The molecule has 1 aliphatic carbocycles. The molecule has 2 amide bonds. The van der Waals surface area contributed by atoms with Crippen molar-refractivity contribution in [3.63, 3.8) is 0 Å². The number of likely N-dealkylation sites (tertiary alicyclic amines) is 1. The van der Waals surface area contributed by atoms with Crippen molar-refractivity contribution in [2.45, 2.75) is 13.8 Å². The van der Waals surface area contributed by atoms with E-state index in [4.69, 9.17) is 24.1 Å². The number of carbonyl (C=O) groups is 3. The van der Waals surface area contributed by atoms with Crippen molar-refractivity contribution < 1.29 is 33.7 Å². The van der Waals surface area contributed by atoms with Crippen molar-refractivity contribution in [3.05, 3.63) is 30.4 Å². The van der Waals surface area contributed by atoms with Crippen molar-refractivity contribution in [2.24, 2.45) is 23.7 Å². The summed E-state index contributed by atoms with van der Waals surface area (Å²) < 4.78 is 15.9. The van der Waals surface area contributed by atoms with Crippen LogP contribution in [0, 0.1) is 23.7 Å². The average molecular weight is 418 g/mol. The molecule has 2 N–H and O–H groups in total. The molecule has 3 aliphatic rings. The minimum atomic E-state index is -0.250. The van der Waals surface area contributed by atoms with Crippen LogP contribution in [0.15, 0.2) is 30.4 Å². The highest BCUT2D eigenvalue weighted by atomic mass is 16.7. The summed E-state index contributed by atoms with van der Waals surface area (Å²) in [4.78, 5) is 35.3. The van der Waals surface area contributed by atoms with E-state index >= 15 is 0 Å². The summed E-state index contributed by atoms with van der Waals surface area (Å²) in [5.41, 5.74) is 0.657. The van der Waals surface area contributed by atoms with Crippen LogP contribution in [0.5, 0.6) is 11.5 Å². The highest BCUT2D eigenvalue weighted by molar-refractivity contribution is 5.90. The first-order valence-electron chi connectivity index (χ1n) is 9.86. The van der Waals surface area contributed by atoms with Crippen molar-refractivity contribution >= 4 is 24.2 Å². The number of nitrogens with zero attached hydrogens (tertiary/aromatic N) is 1. The lowest BCUT2D eigenvalue weighted by Crippen LogP contribution is -2.38. The molecule has 1 fully saturated rings. The van der Waals surface area contributed by atoms with E-state index in [2.05, 4.69) is 17.5 Å². The number of carboxylic acid groups (broad SMARTS) is 1. The number of hydrogen-bond donors (Lipinski definition) is 2. The van der Waals surface area contributed by atoms with Gasteiger partial charge in [0.2, 0.25) is 6.79 Å². The zero-order valence-electron chi connectivity index (χ0n) is 16.9. The Labute approximate surface area is 174 Å². The number of esters is 1. The van der Waals surface area contributed by atoms with Crippen LogP contribution in [0.4, 0.5) is 10.5 Å². The minimum absolute atomic E-state index is 0.0894. The summed E-state index contributed by atoms with van der Waals surface area (Å²) >= 11 is 0. The molecule has 1 saturated heterocycles. The molecule has 2 heterocycles. The number of urea groups is 1. The van der Waals surface area contributed by atoms with Gasteiger partial charge in [0.25, 0.3) is 6.47 Å². The van der Waals surface area contributed by atoms with Crippen molar-refractivity contribution in [1.82, 2.24) is 4.90 Å². The van der Waals surface area contributed by atoms with Crippen LogP contribution in [-0.2, 0) is 14.3 Å². The molecule has 162 valence electrons. The summed E-state index contributed by atoms with van der Waals surface area (Å²) in [7, 11) is 0. The van der Waals surface area contributed by atoms with Crippen molar-refractivity contribution in [2.75, 3.05) is 31.8 Å². The van der Waals surface area contributed by atoms with Gasteiger partial charge in [-0.2, -0.15) is 0 Å². The summed E-state index contributed by atoms with van der Waals surface area (Å²) in [6, 6.07) is 5.15. The predicted molar refractivity (Wildman–Crippen MR) is 107 cm³/mol. The topological polar surface area (TPSA) is 114 Å². The maximum atomic E-state index is 12.7. The molecule has 4 atom stereocenters. The Morgan fingerprint density at radius 2 is 2.00 bits per heavy atom. The number of anilines is 1. The lowest BCUT2D eigenvalue weighted by Gasteiger charge is -2.31. The molecule has 0 radical (unpaired) electrons. The van der Waals surface area contributed by atoms with Gasteiger partial charge in [-0.1, -0.05) is 19.1 Å². The van der Waals surface area contributed by atoms with Crippen LogP contribution in [0.3, 0.4) is 0 Å². The molecular weight excluding hydrogens is 392 g/mol. The van der Waals surface area contributed by atoms with E-state index in [1.54, 1.807) is 23.1 Å². The van der Waals surface area contributed by atoms with Gasteiger partial charge in [-0.25, -0.2) is 4.79 Å². The Morgan fingerprint density at radius 1 is 1.27 bits per heavy atom. The number of rotatable bonds is 3. The number of fused-ring (bicyclic) bond motifs is 2. The van der Waals surface area contributed by atoms with E-state index in [0.717, 1.165) is 0 Å². The van der Waals surface area contributed by atoms with E-state index in [0.29, 0.717) is 36.9 Å². The van der Waals surface area contributed by atoms with Crippen LogP contribution >= 0.6 is 0 Å². The van der Waals surface area contributed by atoms with Gasteiger partial charge in [0.05, 0.1) is 12.5 Å². The Morgan fingerprint density at radius 3 is 2.73 bits per heavy atom. The van der Waals surface area contributed by atoms with Crippen LogP contribution in [0.25, 0.3) is 0 Å². The van der Waals surface area contributed by atoms with Gasteiger partial charge in [-0.05, 0) is 36.8 Å². The SMILES string of the molecule is CCOC(=O)[C@H]1[C@@H]2CN(C(=O)Nc3ccc4c(c3)OCO4)C[C@@H]2C=C[C@@H]1C.O=CO. The second-order valence-electron chi connectivity index (χ2n) is 7.36. The monoisotopic (exact) mass is 418 g/mol. The fraction of sp³-hybridized carbons (Fsp3) is 0.476. The predicted octanol–water partition coefficient (Wildman–Crippen LogP) is 2.58. The van der Waals surface area contributed by atoms with Gasteiger partial charge >= 0.3 is 12.0 Å². The first kappa shape index (κ1) is 21.5. The van der Waals surface area contributed by atoms with Crippen LogP contribution < -0.4 is 14.8 Å². The Hall–Kier alpha value is -3.23. The fourth-order valence-corrected chi connectivity index (χ4v) is 4.24. The van der Waals surface area contributed by atoms with Gasteiger partial charge in [0.1, 0.15) is 0 Å². The number of benzene rings is 1. The molecule has 1 aromatic rings. The van der Waals surface area contributed by atoms with Gasteiger partial charge < -0.3 is 29.5 Å². The van der Waals surface area contributed by atoms with E-state index < -0.39 is 0 Å². The quantitative estimate of drug-likeness (QED) is 0.440. The lowest BCUT2D eigenvalue weighted by atomic mass is 9.72. The Balaban J connectivity index is 0.000000806. The third-order valence-electron chi connectivity index (χ3n) is 5.57. The number of hydrogen-bond acceptors (Lipinski definition) is 6. The van der Waals surface area contributed by atoms with E-state index in [-0.39, 0.29) is 48.9 Å². The molecule has 30 heavy (non-hydrogen) atoms. The zero-order chi connectivity index (χ0) is 21.7. The first-order chi connectivity index (χ1) is 14.5. The number of amides is 2. The van der Waals surface area contributed by atoms with E-state index in [1.165, 1.54) is 0 Å². The standard InChI is InChI=1S/C20H24N2O5.CH2O2/c1-3-25-19(23)18-12(2)4-5-13-9-22(10-15(13)18)20(24)21-14-6-7-16-17(8-14)27-11-26-16;2-1-3/h4-8,12-13,15,18H,3,9-11H2,1-2H3,(H,21,24);1H,(H,2,3)/t12-,13-,15+,18+;/m0./s1. The van der Waals surface area contributed by atoms with Crippen LogP contribution in [0.1, 0.15) is 13.8 Å². The highest BCUT2D eigenvalue weighted by Gasteiger charge is 2.46. The van der Waals surface area contributed by atoms with Gasteiger partial charge in [0.15, 0.2) is 11.5 Å². The molecular formula is C21H26N2O7. The van der Waals surface area contributed by atoms with Crippen molar-refractivity contribution in [1.29, 1.82) is 0 Å². The second kappa shape index (κ2) is 9.51. The maximum Gasteiger partial charge on any atom is 0.321 e. The molecule has 0 saturated carbocycles. The zero-order valence-corrected chi connectivity index (χ0v) is 16.9. The van der Waals surface area contributed by atoms with E-state index in [9.17, 15) is 9.59 Å². The summed E-state index contributed by atoms with van der Waals surface area (Å²) in [6.45, 7) is 5.31. The molecule has 9 nitrogen and oxygen atoms in total. The summed E-state index contributed by atoms with van der Waals surface area (Å²) in [5.74, 6) is 1.32. The second-order valence-corrected chi connectivity index (χ2v) is 7.36. The van der Waals surface area contributed by atoms with Crippen molar-refractivity contribution in [3.8, 4) is 11.5 Å². The number of carbonyl (C=O) groups excluding carboxylic acids is 2. The third-order valence-corrected chi connectivity index (χ3v) is 5.57.